The summed E-state index contributed by atoms with van der Waals surface area (Å²) < 4.78 is 10.9. The maximum absolute atomic E-state index is 10.8. The summed E-state index contributed by atoms with van der Waals surface area (Å²) in [5, 5.41) is 21.1. The standard InChI is InChI=1S/C20H25N3O5/c1-27-20-8-3-2-7-19(20)22-11-9-21(10-12-22)14-17(24)15-28-18-6-4-5-16(13-18)23(25)26/h2-8,13,17,24H,9-12,14-15H2,1H3. The van der Waals surface area contributed by atoms with Crippen LogP contribution in [0.2, 0.25) is 0 Å². The van der Waals surface area contributed by atoms with Gasteiger partial charge in [0.2, 0.25) is 0 Å². The number of benzene rings is 2. The number of non-ortho nitro benzene ring substituents is 1. The predicted molar refractivity (Wildman–Crippen MR) is 106 cm³/mol. The molecule has 1 saturated heterocycles. The largest absolute Gasteiger partial charge is 0.495 e. The zero-order valence-corrected chi connectivity index (χ0v) is 15.9. The van der Waals surface area contributed by atoms with E-state index in [0.717, 1.165) is 37.6 Å². The fourth-order valence-electron chi connectivity index (χ4n) is 3.29. The Morgan fingerprint density at radius 3 is 2.61 bits per heavy atom. The Kier molecular flexibility index (Phi) is 6.67. The number of nitro benzene ring substituents is 1. The molecule has 0 aliphatic carbocycles. The van der Waals surface area contributed by atoms with Gasteiger partial charge in [-0.2, -0.15) is 0 Å². The molecule has 0 radical (unpaired) electrons. The summed E-state index contributed by atoms with van der Waals surface area (Å²) in [4.78, 5) is 14.8. The third-order valence-corrected chi connectivity index (χ3v) is 4.74. The molecular weight excluding hydrogens is 362 g/mol. The number of piperazine rings is 1. The summed E-state index contributed by atoms with van der Waals surface area (Å²) in [5.41, 5.74) is 1.05. The summed E-state index contributed by atoms with van der Waals surface area (Å²) in [6.07, 6.45) is -0.669. The van der Waals surface area contributed by atoms with Gasteiger partial charge in [0.25, 0.3) is 5.69 Å². The van der Waals surface area contributed by atoms with Gasteiger partial charge in [0.15, 0.2) is 0 Å². The van der Waals surface area contributed by atoms with Crippen molar-refractivity contribution in [3.8, 4) is 11.5 Å². The van der Waals surface area contributed by atoms with Crippen molar-refractivity contribution in [2.45, 2.75) is 6.10 Å². The second kappa shape index (κ2) is 9.38. The van der Waals surface area contributed by atoms with E-state index in [1.54, 1.807) is 19.2 Å². The first-order valence-electron chi connectivity index (χ1n) is 9.22. The Morgan fingerprint density at radius 1 is 1.14 bits per heavy atom. The van der Waals surface area contributed by atoms with Gasteiger partial charge in [-0.3, -0.25) is 15.0 Å². The van der Waals surface area contributed by atoms with Crippen molar-refractivity contribution in [3.63, 3.8) is 0 Å². The molecule has 0 spiro atoms. The maximum atomic E-state index is 10.8. The first-order chi connectivity index (χ1) is 13.6. The lowest BCUT2D eigenvalue weighted by Crippen LogP contribution is -2.49. The zero-order valence-electron chi connectivity index (χ0n) is 15.9. The first-order valence-corrected chi connectivity index (χ1v) is 9.22. The minimum Gasteiger partial charge on any atom is -0.495 e. The minimum atomic E-state index is -0.669. The van der Waals surface area contributed by atoms with Crippen LogP contribution in [0.3, 0.4) is 0 Å². The van der Waals surface area contributed by atoms with Crippen LogP contribution in [0.5, 0.6) is 11.5 Å². The molecule has 1 aliphatic rings. The molecule has 0 bridgehead atoms. The highest BCUT2D eigenvalue weighted by Gasteiger charge is 2.21. The molecule has 2 aromatic carbocycles. The highest BCUT2D eigenvalue weighted by molar-refractivity contribution is 5.58. The lowest BCUT2D eigenvalue weighted by molar-refractivity contribution is -0.384. The molecule has 1 heterocycles. The van der Waals surface area contributed by atoms with Crippen molar-refractivity contribution >= 4 is 11.4 Å². The molecule has 0 amide bonds. The molecule has 2 aromatic rings. The van der Waals surface area contributed by atoms with Crippen LogP contribution >= 0.6 is 0 Å². The quantitative estimate of drug-likeness (QED) is 0.548. The zero-order chi connectivity index (χ0) is 19.9. The van der Waals surface area contributed by atoms with Crippen LogP contribution in [0.25, 0.3) is 0 Å². The summed E-state index contributed by atoms with van der Waals surface area (Å²) in [6, 6.07) is 13.9. The van der Waals surface area contributed by atoms with Crippen molar-refractivity contribution in [1.29, 1.82) is 0 Å². The number of hydrogen-bond acceptors (Lipinski definition) is 7. The maximum Gasteiger partial charge on any atom is 0.273 e. The Labute approximate surface area is 164 Å². The van der Waals surface area contributed by atoms with E-state index in [0.29, 0.717) is 12.3 Å². The Morgan fingerprint density at radius 2 is 1.89 bits per heavy atom. The molecule has 1 atom stereocenters. The Hall–Kier alpha value is -2.84. The third-order valence-electron chi connectivity index (χ3n) is 4.74. The summed E-state index contributed by atoms with van der Waals surface area (Å²) in [6.45, 7) is 3.93. The number of anilines is 1. The smallest absolute Gasteiger partial charge is 0.273 e. The van der Waals surface area contributed by atoms with E-state index in [-0.39, 0.29) is 12.3 Å². The summed E-state index contributed by atoms with van der Waals surface area (Å²) >= 11 is 0. The lowest BCUT2D eigenvalue weighted by Gasteiger charge is -2.37. The second-order valence-electron chi connectivity index (χ2n) is 6.68. The number of ether oxygens (including phenoxy) is 2. The van der Waals surface area contributed by atoms with Crippen LogP contribution in [0.15, 0.2) is 48.5 Å². The topological polar surface area (TPSA) is 88.3 Å². The minimum absolute atomic E-state index is 0.0283. The number of nitro groups is 1. The Bertz CT molecular complexity index is 793. The van der Waals surface area contributed by atoms with Gasteiger partial charge in [-0.1, -0.05) is 18.2 Å². The molecule has 28 heavy (non-hydrogen) atoms. The number of methoxy groups -OCH3 is 1. The SMILES string of the molecule is COc1ccccc1N1CCN(CC(O)COc2cccc([N+](=O)[O-])c2)CC1. The average molecular weight is 387 g/mol. The van der Waals surface area contributed by atoms with Gasteiger partial charge in [-0.15, -0.1) is 0 Å². The summed E-state index contributed by atoms with van der Waals surface area (Å²) in [5.74, 6) is 1.25. The lowest BCUT2D eigenvalue weighted by atomic mass is 10.2. The second-order valence-corrected chi connectivity index (χ2v) is 6.68. The van der Waals surface area contributed by atoms with Crippen LogP contribution in [0, 0.1) is 10.1 Å². The van der Waals surface area contributed by atoms with Gasteiger partial charge in [0, 0.05) is 38.8 Å². The fraction of sp³-hybridized carbons (Fsp3) is 0.400. The van der Waals surface area contributed by atoms with Crippen LogP contribution in [0.1, 0.15) is 0 Å². The van der Waals surface area contributed by atoms with E-state index in [1.165, 1.54) is 12.1 Å². The number of aliphatic hydroxyl groups is 1. The van der Waals surface area contributed by atoms with E-state index in [9.17, 15) is 15.2 Å². The predicted octanol–water partition coefficient (Wildman–Crippen LogP) is 2.17. The molecule has 8 nitrogen and oxygen atoms in total. The molecule has 1 aliphatic heterocycles. The van der Waals surface area contributed by atoms with Gasteiger partial charge in [-0.25, -0.2) is 0 Å². The van der Waals surface area contributed by atoms with E-state index in [2.05, 4.69) is 15.9 Å². The van der Waals surface area contributed by atoms with E-state index in [1.807, 2.05) is 18.2 Å². The monoisotopic (exact) mass is 387 g/mol. The molecular formula is C20H25N3O5. The van der Waals surface area contributed by atoms with Crippen molar-refractivity contribution in [1.82, 2.24) is 4.90 Å². The molecule has 3 rings (SSSR count). The number of aliphatic hydroxyl groups excluding tert-OH is 1. The van der Waals surface area contributed by atoms with Crippen LogP contribution in [0.4, 0.5) is 11.4 Å². The molecule has 1 fully saturated rings. The number of nitrogens with zero attached hydrogens (tertiary/aromatic N) is 3. The van der Waals surface area contributed by atoms with Crippen molar-refractivity contribution < 1.29 is 19.5 Å². The number of para-hydroxylation sites is 2. The molecule has 150 valence electrons. The fourth-order valence-corrected chi connectivity index (χ4v) is 3.29. The highest BCUT2D eigenvalue weighted by Crippen LogP contribution is 2.28. The van der Waals surface area contributed by atoms with Gasteiger partial charge >= 0.3 is 0 Å². The van der Waals surface area contributed by atoms with Gasteiger partial charge in [-0.05, 0) is 18.2 Å². The molecule has 1 unspecified atom stereocenters. The van der Waals surface area contributed by atoms with Crippen molar-refractivity contribution in [2.24, 2.45) is 0 Å². The van der Waals surface area contributed by atoms with E-state index >= 15 is 0 Å². The Balaban J connectivity index is 1.45. The van der Waals surface area contributed by atoms with E-state index < -0.39 is 11.0 Å². The van der Waals surface area contributed by atoms with Gasteiger partial charge in [0.05, 0.1) is 23.8 Å². The van der Waals surface area contributed by atoms with Crippen molar-refractivity contribution in [3.05, 3.63) is 58.6 Å². The molecule has 0 saturated carbocycles. The van der Waals surface area contributed by atoms with Crippen LogP contribution < -0.4 is 14.4 Å². The number of rotatable bonds is 8. The van der Waals surface area contributed by atoms with Crippen molar-refractivity contribution in [2.75, 3.05) is 51.3 Å². The van der Waals surface area contributed by atoms with Crippen LogP contribution in [-0.4, -0.2) is 67.5 Å². The number of β-amino-alcohol motifs (C(OH)–C–C–N with tert-alkyl or cyclic N) is 1. The molecule has 8 heteroatoms. The normalized spacial score (nSPS) is 15.9. The third kappa shape index (κ3) is 5.11. The average Bonchev–Trinajstić information content (AvgIpc) is 2.73. The molecule has 0 aromatic heterocycles. The highest BCUT2D eigenvalue weighted by atomic mass is 16.6. The van der Waals surface area contributed by atoms with Gasteiger partial charge < -0.3 is 19.5 Å². The number of hydrogen-bond donors (Lipinski definition) is 1. The molecule has 1 N–H and O–H groups in total. The van der Waals surface area contributed by atoms with E-state index in [4.69, 9.17) is 9.47 Å². The van der Waals surface area contributed by atoms with Crippen LogP contribution in [-0.2, 0) is 0 Å². The first kappa shape index (κ1) is 19.9. The summed E-state index contributed by atoms with van der Waals surface area (Å²) in [7, 11) is 1.67. The van der Waals surface area contributed by atoms with Gasteiger partial charge in [0.1, 0.15) is 24.2 Å².